The Hall–Kier alpha value is -2.93. The number of imidazole rings is 1. The fraction of sp³-hybridized carbons (Fsp3) is 0.590. The summed E-state index contributed by atoms with van der Waals surface area (Å²) in [5.41, 5.74) is 0.285. The molecule has 2 aromatic rings. The van der Waals surface area contributed by atoms with Gasteiger partial charge in [0.1, 0.15) is 12.4 Å². The minimum Gasteiger partial charge on any atom is -0.295 e. The highest BCUT2D eigenvalue weighted by atomic mass is 127. The molecule has 3 saturated carbocycles. The first-order chi connectivity index (χ1) is 21.9. The van der Waals surface area contributed by atoms with Crippen molar-refractivity contribution in [1.82, 2.24) is 14.5 Å². The Kier molecular flexibility index (Phi) is 7.14. The van der Waals surface area contributed by atoms with Crippen LogP contribution in [-0.4, -0.2) is 32.0 Å². The number of hydrogen-bond acceptors (Lipinski definition) is 6. The molecule has 0 spiro atoms. The minimum absolute atomic E-state index is 0.00283. The monoisotopic (exact) mass is 744 g/mol. The second-order valence-corrected chi connectivity index (χ2v) is 18.4. The van der Waals surface area contributed by atoms with Gasteiger partial charge < -0.3 is 0 Å². The van der Waals surface area contributed by atoms with Gasteiger partial charge in [-0.15, -0.1) is 0 Å². The Morgan fingerprint density at radius 1 is 1.04 bits per heavy atom. The van der Waals surface area contributed by atoms with Gasteiger partial charge in [-0.1, -0.05) is 60.1 Å². The van der Waals surface area contributed by atoms with Crippen molar-refractivity contribution in [2.45, 2.75) is 93.4 Å². The number of allylic oxidation sites excluding steroid dienone is 4. The molecule has 2 heterocycles. The maximum atomic E-state index is 14.9. The molecular formula is C39H45IN4O3. The number of Topliss-reactive ketones (excluding diaryl/α,β-unsaturated/α-hetero) is 1. The van der Waals surface area contributed by atoms with Crippen LogP contribution < -0.4 is 0 Å². The van der Waals surface area contributed by atoms with Gasteiger partial charge in [-0.25, -0.2) is 4.98 Å². The highest BCUT2D eigenvalue weighted by molar-refractivity contribution is 14.1. The van der Waals surface area contributed by atoms with Crippen molar-refractivity contribution in [3.05, 3.63) is 57.9 Å². The topological polar surface area (TPSA) is 106 Å². The summed E-state index contributed by atoms with van der Waals surface area (Å²) in [7, 11) is 0. The van der Waals surface area contributed by atoms with Gasteiger partial charge in [0.2, 0.25) is 5.91 Å². The normalized spacial score (nSPS) is 38.5. The first kappa shape index (κ1) is 32.6. The zero-order valence-corrected chi connectivity index (χ0v) is 30.8. The zero-order chi connectivity index (χ0) is 33.9. The molecule has 8 heteroatoms. The lowest BCUT2D eigenvalue weighted by atomic mass is 9.34. The van der Waals surface area contributed by atoms with Crippen LogP contribution in [-0.2, 0) is 9.59 Å². The number of pyridine rings is 1. The van der Waals surface area contributed by atoms with E-state index in [-0.39, 0.29) is 57.0 Å². The number of ketones is 2. The van der Waals surface area contributed by atoms with E-state index in [2.05, 4.69) is 73.2 Å². The van der Waals surface area contributed by atoms with Crippen molar-refractivity contribution in [3.63, 3.8) is 0 Å². The van der Waals surface area contributed by atoms with Gasteiger partial charge in [0.05, 0.1) is 16.7 Å². The van der Waals surface area contributed by atoms with Crippen molar-refractivity contribution in [2.24, 2.45) is 50.2 Å². The van der Waals surface area contributed by atoms with E-state index in [1.165, 1.54) is 0 Å². The van der Waals surface area contributed by atoms with E-state index in [4.69, 9.17) is 0 Å². The lowest BCUT2D eigenvalue weighted by Gasteiger charge is -2.69. The molecule has 0 bridgehead atoms. The Morgan fingerprint density at radius 2 is 1.77 bits per heavy atom. The van der Waals surface area contributed by atoms with Crippen molar-refractivity contribution >= 4 is 40.1 Å². The van der Waals surface area contributed by atoms with E-state index in [9.17, 15) is 19.6 Å². The van der Waals surface area contributed by atoms with Gasteiger partial charge >= 0.3 is 0 Å². The molecule has 3 fully saturated rings. The average molecular weight is 745 g/mol. The second-order valence-electron chi connectivity index (χ2n) is 17.2. The SMILES string of the molecule is CC1(C)CC[C@]2(C(=O)n3cnc(-c4cnccc4I)c3)CC[C@]3(C)[C@H](C(=O)C=C4[C@@]5(C)C=C(C#N)C(=O)C(C)(C)C5CC[C@]43C)C2C1. The molecule has 0 saturated heterocycles. The first-order valence-electron chi connectivity index (χ1n) is 17.1. The highest BCUT2D eigenvalue weighted by Gasteiger charge is 2.71. The summed E-state index contributed by atoms with van der Waals surface area (Å²) < 4.78 is 2.71. The summed E-state index contributed by atoms with van der Waals surface area (Å²) in [6.07, 6.45) is 16.5. The van der Waals surface area contributed by atoms with Crippen LogP contribution in [0.5, 0.6) is 0 Å². The lowest BCUT2D eigenvalue weighted by molar-refractivity contribution is -0.164. The van der Waals surface area contributed by atoms with Gasteiger partial charge in [0, 0.05) is 44.5 Å². The molecule has 0 amide bonds. The molecule has 2 unspecified atom stereocenters. The fourth-order valence-corrected chi connectivity index (χ4v) is 12.0. The van der Waals surface area contributed by atoms with Crippen LogP contribution in [0.2, 0.25) is 0 Å². The van der Waals surface area contributed by atoms with Gasteiger partial charge in [-0.2, -0.15) is 5.26 Å². The number of nitriles is 1. The average Bonchev–Trinajstić information content (AvgIpc) is 3.50. The number of rotatable bonds is 2. The lowest BCUT2D eigenvalue weighted by Crippen LogP contribution is -2.66. The summed E-state index contributed by atoms with van der Waals surface area (Å²) in [6, 6.07) is 4.13. The van der Waals surface area contributed by atoms with Crippen LogP contribution in [0.25, 0.3) is 11.3 Å². The summed E-state index contributed by atoms with van der Waals surface area (Å²) in [6.45, 7) is 15.3. The Bertz CT molecular complexity index is 1850. The predicted octanol–water partition coefficient (Wildman–Crippen LogP) is 8.41. The standard InChI is InChI=1S/C39H45IN4O3/c1-34(2)11-13-39(33(47)44-21-27(43-22-44)24-20-42-15-9-26(24)40)14-12-38(7)31(25(39)18-34)28(45)16-30-36(5)17-23(19-41)32(46)35(3,4)29(36)8-10-37(30,38)6/h9,15-17,20-22,25,29,31H,8,10-14,18H2,1-7H3/t25?,29?,31-,36-,37+,38+,39-/m0/s1. The Morgan fingerprint density at radius 3 is 2.47 bits per heavy atom. The smallest absolute Gasteiger partial charge is 0.238 e. The molecule has 5 aliphatic carbocycles. The minimum atomic E-state index is -0.698. The number of carbonyl (C=O) groups is 3. The fourth-order valence-electron chi connectivity index (χ4n) is 11.4. The summed E-state index contributed by atoms with van der Waals surface area (Å²) in [4.78, 5) is 52.0. The van der Waals surface area contributed by atoms with E-state index in [0.29, 0.717) is 0 Å². The molecule has 0 radical (unpaired) electrons. The summed E-state index contributed by atoms with van der Waals surface area (Å²) in [5.74, 6) is -0.334. The highest BCUT2D eigenvalue weighted by Crippen LogP contribution is 2.74. The third kappa shape index (κ3) is 4.29. The third-order valence-corrected chi connectivity index (χ3v) is 15.1. The van der Waals surface area contributed by atoms with Crippen molar-refractivity contribution < 1.29 is 14.4 Å². The number of aromatic nitrogens is 3. The van der Waals surface area contributed by atoms with E-state index < -0.39 is 16.2 Å². The van der Waals surface area contributed by atoms with Crippen molar-refractivity contribution in [2.75, 3.05) is 0 Å². The molecule has 7 nitrogen and oxygen atoms in total. The molecule has 0 aromatic carbocycles. The van der Waals surface area contributed by atoms with Crippen molar-refractivity contribution in [1.29, 1.82) is 5.26 Å². The largest absolute Gasteiger partial charge is 0.295 e. The quantitative estimate of drug-likeness (QED) is 0.286. The zero-order valence-electron chi connectivity index (χ0n) is 28.6. The first-order valence-corrected chi connectivity index (χ1v) is 18.2. The van der Waals surface area contributed by atoms with E-state index in [1.807, 2.05) is 38.3 Å². The van der Waals surface area contributed by atoms with Crippen LogP contribution >= 0.6 is 22.6 Å². The maximum absolute atomic E-state index is 14.9. The van der Waals surface area contributed by atoms with Crippen LogP contribution in [0.4, 0.5) is 0 Å². The summed E-state index contributed by atoms with van der Waals surface area (Å²) >= 11 is 2.27. The van der Waals surface area contributed by atoms with Gasteiger partial charge in [0.15, 0.2) is 11.6 Å². The molecule has 5 aliphatic rings. The molecule has 7 atom stereocenters. The van der Waals surface area contributed by atoms with Gasteiger partial charge in [-0.05, 0) is 108 Å². The number of carbonyl (C=O) groups excluding carboxylic acids is 3. The molecule has 2 aromatic heterocycles. The van der Waals surface area contributed by atoms with E-state index in [1.54, 1.807) is 23.3 Å². The molecular weight excluding hydrogens is 699 g/mol. The molecule has 0 aliphatic heterocycles. The number of nitrogens with zero attached hydrogens (tertiary/aromatic N) is 4. The van der Waals surface area contributed by atoms with Crippen molar-refractivity contribution in [3.8, 4) is 17.3 Å². The molecule has 7 rings (SSSR count). The van der Waals surface area contributed by atoms with Crippen LogP contribution in [0.3, 0.4) is 0 Å². The van der Waals surface area contributed by atoms with E-state index >= 15 is 0 Å². The second kappa shape index (κ2) is 10.3. The Labute approximate surface area is 291 Å². The number of hydrogen-bond donors (Lipinski definition) is 0. The van der Waals surface area contributed by atoms with Crippen LogP contribution in [0.15, 0.2) is 54.3 Å². The Balaban J connectivity index is 1.34. The van der Waals surface area contributed by atoms with Gasteiger partial charge in [0.25, 0.3) is 0 Å². The summed E-state index contributed by atoms with van der Waals surface area (Å²) in [5, 5.41) is 10.0. The van der Waals surface area contributed by atoms with E-state index in [0.717, 1.165) is 65.3 Å². The van der Waals surface area contributed by atoms with Crippen LogP contribution in [0.1, 0.15) is 98.2 Å². The molecule has 47 heavy (non-hydrogen) atoms. The molecule has 0 N–H and O–H groups in total. The molecule has 246 valence electrons. The predicted molar refractivity (Wildman–Crippen MR) is 188 cm³/mol. The van der Waals surface area contributed by atoms with Crippen LogP contribution in [0, 0.1) is 65.1 Å². The number of fused-ring (bicyclic) bond motifs is 7. The third-order valence-electron chi connectivity index (χ3n) is 14.1. The van der Waals surface area contributed by atoms with Gasteiger partial charge in [-0.3, -0.25) is 23.9 Å². The maximum Gasteiger partial charge on any atom is 0.238 e. The number of halogens is 1.